The van der Waals surface area contributed by atoms with Gasteiger partial charge in [-0.1, -0.05) is 19.1 Å². The molecule has 0 spiro atoms. The molecular formula is C17H20N2O2. The summed E-state index contributed by atoms with van der Waals surface area (Å²) in [6, 6.07) is 9.34. The maximum atomic E-state index is 12.5. The van der Waals surface area contributed by atoms with E-state index in [1.165, 1.54) is 0 Å². The van der Waals surface area contributed by atoms with E-state index in [0.717, 1.165) is 17.5 Å². The third-order valence-electron chi connectivity index (χ3n) is 3.40. The molecule has 1 atom stereocenters. The molecule has 4 nitrogen and oxygen atoms in total. The summed E-state index contributed by atoms with van der Waals surface area (Å²) in [5.41, 5.74) is 2.60. The Labute approximate surface area is 125 Å². The number of amides is 1. The molecule has 1 heterocycles. The Morgan fingerprint density at radius 2 is 2.19 bits per heavy atom. The SMILES string of the molecule is CCC(NC(=O)c1ccc(C)cc1OC)c1cccnc1. The van der Waals surface area contributed by atoms with E-state index in [1.54, 1.807) is 25.6 Å². The monoisotopic (exact) mass is 284 g/mol. The molecule has 0 bridgehead atoms. The fourth-order valence-electron chi connectivity index (χ4n) is 2.23. The number of methoxy groups -OCH3 is 1. The lowest BCUT2D eigenvalue weighted by Gasteiger charge is -2.18. The maximum absolute atomic E-state index is 12.5. The van der Waals surface area contributed by atoms with Gasteiger partial charge >= 0.3 is 0 Å². The summed E-state index contributed by atoms with van der Waals surface area (Å²) < 4.78 is 5.30. The number of aromatic nitrogens is 1. The molecule has 2 aromatic rings. The number of carbonyl (C=O) groups is 1. The van der Waals surface area contributed by atoms with Crippen molar-refractivity contribution in [3.63, 3.8) is 0 Å². The number of rotatable bonds is 5. The van der Waals surface area contributed by atoms with Crippen LogP contribution in [0.2, 0.25) is 0 Å². The highest BCUT2D eigenvalue weighted by Crippen LogP contribution is 2.22. The fourth-order valence-corrected chi connectivity index (χ4v) is 2.23. The zero-order valence-electron chi connectivity index (χ0n) is 12.6. The van der Waals surface area contributed by atoms with Crippen LogP contribution in [0.15, 0.2) is 42.7 Å². The second kappa shape index (κ2) is 6.88. The molecular weight excluding hydrogens is 264 g/mol. The molecule has 0 radical (unpaired) electrons. The molecule has 1 amide bonds. The molecule has 1 N–H and O–H groups in total. The predicted molar refractivity (Wildman–Crippen MR) is 82.5 cm³/mol. The van der Waals surface area contributed by atoms with Crippen LogP contribution in [0.5, 0.6) is 5.75 Å². The van der Waals surface area contributed by atoms with Crippen molar-refractivity contribution in [1.82, 2.24) is 10.3 Å². The summed E-state index contributed by atoms with van der Waals surface area (Å²) in [6.07, 6.45) is 4.30. The number of nitrogens with zero attached hydrogens (tertiary/aromatic N) is 1. The zero-order chi connectivity index (χ0) is 15.2. The number of aryl methyl sites for hydroxylation is 1. The number of carbonyl (C=O) groups excluding carboxylic acids is 1. The van der Waals surface area contributed by atoms with Gasteiger partial charge in [-0.05, 0) is 42.7 Å². The second-order valence-electron chi connectivity index (χ2n) is 4.92. The fraction of sp³-hybridized carbons (Fsp3) is 0.294. The van der Waals surface area contributed by atoms with E-state index >= 15 is 0 Å². The van der Waals surface area contributed by atoms with Gasteiger partial charge in [0.25, 0.3) is 5.91 Å². The van der Waals surface area contributed by atoms with Gasteiger partial charge in [0.15, 0.2) is 0 Å². The second-order valence-corrected chi connectivity index (χ2v) is 4.92. The molecule has 110 valence electrons. The Bertz CT molecular complexity index is 611. The van der Waals surface area contributed by atoms with Crippen LogP contribution in [0.1, 0.15) is 40.9 Å². The van der Waals surface area contributed by atoms with Crippen LogP contribution in [0.4, 0.5) is 0 Å². The molecule has 1 aromatic heterocycles. The molecule has 0 saturated heterocycles. The molecule has 0 aliphatic carbocycles. The average molecular weight is 284 g/mol. The third-order valence-corrected chi connectivity index (χ3v) is 3.40. The lowest BCUT2D eigenvalue weighted by molar-refractivity contribution is 0.0932. The Hall–Kier alpha value is -2.36. The van der Waals surface area contributed by atoms with Crippen molar-refractivity contribution in [2.75, 3.05) is 7.11 Å². The molecule has 1 aromatic carbocycles. The lowest BCUT2D eigenvalue weighted by Crippen LogP contribution is -2.28. The predicted octanol–water partition coefficient (Wildman–Crippen LogP) is 3.28. The first-order valence-electron chi connectivity index (χ1n) is 7.01. The van der Waals surface area contributed by atoms with E-state index < -0.39 is 0 Å². The molecule has 2 rings (SSSR count). The number of nitrogens with one attached hydrogen (secondary N) is 1. The molecule has 0 fully saturated rings. The first-order valence-corrected chi connectivity index (χ1v) is 7.01. The molecule has 0 saturated carbocycles. The summed E-state index contributed by atoms with van der Waals surface area (Å²) in [5.74, 6) is 0.455. The first kappa shape index (κ1) is 15.0. The van der Waals surface area contributed by atoms with Gasteiger partial charge < -0.3 is 10.1 Å². The number of hydrogen-bond acceptors (Lipinski definition) is 3. The topological polar surface area (TPSA) is 51.2 Å². The van der Waals surface area contributed by atoms with Crippen LogP contribution in [-0.4, -0.2) is 18.0 Å². The van der Waals surface area contributed by atoms with E-state index in [4.69, 9.17) is 4.74 Å². The van der Waals surface area contributed by atoms with Gasteiger partial charge in [0.05, 0.1) is 18.7 Å². The van der Waals surface area contributed by atoms with Crippen LogP contribution < -0.4 is 10.1 Å². The number of benzene rings is 1. The van der Waals surface area contributed by atoms with Gasteiger partial charge in [-0.25, -0.2) is 0 Å². The minimum atomic E-state index is -0.137. The van der Waals surface area contributed by atoms with Crippen molar-refractivity contribution in [3.8, 4) is 5.75 Å². The Morgan fingerprint density at radius 1 is 1.38 bits per heavy atom. The van der Waals surface area contributed by atoms with E-state index in [0.29, 0.717) is 11.3 Å². The first-order chi connectivity index (χ1) is 10.2. The van der Waals surface area contributed by atoms with Crippen molar-refractivity contribution in [2.24, 2.45) is 0 Å². The van der Waals surface area contributed by atoms with Crippen LogP contribution >= 0.6 is 0 Å². The van der Waals surface area contributed by atoms with Crippen LogP contribution in [-0.2, 0) is 0 Å². The van der Waals surface area contributed by atoms with Crippen molar-refractivity contribution in [1.29, 1.82) is 0 Å². The normalized spacial score (nSPS) is 11.8. The number of pyridine rings is 1. The van der Waals surface area contributed by atoms with Crippen LogP contribution in [0, 0.1) is 6.92 Å². The Balaban J connectivity index is 2.21. The van der Waals surface area contributed by atoms with Gasteiger partial charge in [-0.3, -0.25) is 9.78 Å². The highest BCUT2D eigenvalue weighted by molar-refractivity contribution is 5.97. The highest BCUT2D eigenvalue weighted by Gasteiger charge is 2.17. The van der Waals surface area contributed by atoms with E-state index in [-0.39, 0.29) is 11.9 Å². The average Bonchev–Trinajstić information content (AvgIpc) is 2.53. The smallest absolute Gasteiger partial charge is 0.255 e. The standard InChI is InChI=1S/C17H20N2O2/c1-4-15(13-6-5-9-18-11-13)19-17(20)14-8-7-12(2)10-16(14)21-3/h5-11,15H,4H2,1-3H3,(H,19,20). The van der Waals surface area contributed by atoms with Crippen molar-refractivity contribution in [2.45, 2.75) is 26.3 Å². The van der Waals surface area contributed by atoms with Gasteiger partial charge in [0, 0.05) is 12.4 Å². The molecule has 0 aliphatic rings. The van der Waals surface area contributed by atoms with Gasteiger partial charge in [-0.2, -0.15) is 0 Å². The molecule has 0 aliphatic heterocycles. The van der Waals surface area contributed by atoms with Crippen LogP contribution in [0.3, 0.4) is 0 Å². The quantitative estimate of drug-likeness (QED) is 0.916. The summed E-state index contributed by atoms with van der Waals surface area (Å²) in [4.78, 5) is 16.6. The minimum Gasteiger partial charge on any atom is -0.496 e. The zero-order valence-corrected chi connectivity index (χ0v) is 12.6. The summed E-state index contributed by atoms with van der Waals surface area (Å²) in [6.45, 7) is 4.00. The van der Waals surface area contributed by atoms with E-state index in [9.17, 15) is 4.79 Å². The molecule has 21 heavy (non-hydrogen) atoms. The maximum Gasteiger partial charge on any atom is 0.255 e. The lowest BCUT2D eigenvalue weighted by atomic mass is 10.1. The number of hydrogen-bond donors (Lipinski definition) is 1. The summed E-state index contributed by atoms with van der Waals surface area (Å²) in [5, 5.41) is 3.03. The summed E-state index contributed by atoms with van der Waals surface area (Å²) >= 11 is 0. The number of ether oxygens (including phenoxy) is 1. The minimum absolute atomic E-state index is 0.0581. The third kappa shape index (κ3) is 3.60. The van der Waals surface area contributed by atoms with Crippen LogP contribution in [0.25, 0.3) is 0 Å². The highest BCUT2D eigenvalue weighted by atomic mass is 16.5. The van der Waals surface area contributed by atoms with Crippen molar-refractivity contribution < 1.29 is 9.53 Å². The van der Waals surface area contributed by atoms with Gasteiger partial charge in [0.1, 0.15) is 5.75 Å². The van der Waals surface area contributed by atoms with Gasteiger partial charge in [-0.15, -0.1) is 0 Å². The van der Waals surface area contributed by atoms with Gasteiger partial charge in [0.2, 0.25) is 0 Å². The summed E-state index contributed by atoms with van der Waals surface area (Å²) in [7, 11) is 1.57. The van der Waals surface area contributed by atoms with Crippen molar-refractivity contribution in [3.05, 3.63) is 59.4 Å². The largest absolute Gasteiger partial charge is 0.496 e. The van der Waals surface area contributed by atoms with Crippen molar-refractivity contribution >= 4 is 5.91 Å². The Kier molecular flexibility index (Phi) is 4.93. The van der Waals surface area contributed by atoms with E-state index in [2.05, 4.69) is 10.3 Å². The van der Waals surface area contributed by atoms with E-state index in [1.807, 2.05) is 38.1 Å². The molecule has 1 unspecified atom stereocenters. The molecule has 4 heteroatoms. The Morgan fingerprint density at radius 3 is 2.81 bits per heavy atom.